The second-order valence-electron chi connectivity index (χ2n) is 18.0. The summed E-state index contributed by atoms with van der Waals surface area (Å²) in [4.78, 5) is 8.34. The van der Waals surface area contributed by atoms with Crippen molar-refractivity contribution in [3.8, 4) is 58.1 Å². The highest BCUT2D eigenvalue weighted by atomic mass is 16.5. The van der Waals surface area contributed by atoms with Gasteiger partial charge < -0.3 is 28.7 Å². The molecular weight excluding hydrogens is 851 g/mol. The van der Waals surface area contributed by atoms with Crippen molar-refractivity contribution in [1.82, 2.24) is 0 Å². The third-order valence-electron chi connectivity index (χ3n) is 14.5. The number of fused-ring (bicyclic) bond motifs is 12. The Balaban J connectivity index is 1.02. The molecule has 0 aromatic heterocycles. The molecule has 0 saturated heterocycles. The Morgan fingerprint density at radius 3 is 1.30 bits per heavy atom. The highest BCUT2D eigenvalue weighted by Gasteiger charge is 2.49. The predicted molar refractivity (Wildman–Crippen MR) is 272 cm³/mol. The van der Waals surface area contributed by atoms with Crippen molar-refractivity contribution in [2.24, 2.45) is 0 Å². The van der Waals surface area contributed by atoms with Gasteiger partial charge in [0.05, 0.1) is 29.8 Å². The number of anilines is 6. The number of hydrogen-bond acceptors (Lipinski definition) is 8. The summed E-state index contributed by atoms with van der Waals surface area (Å²) >= 11 is 0. The minimum Gasteiger partial charge on any atom is -0.460 e. The number of benzene rings is 9. The van der Waals surface area contributed by atoms with Crippen molar-refractivity contribution >= 4 is 109 Å². The van der Waals surface area contributed by atoms with Crippen LogP contribution in [0.3, 0.4) is 0 Å². The molecule has 9 aromatic rings. The van der Waals surface area contributed by atoms with Gasteiger partial charge in [-0.3, -0.25) is 0 Å². The molecule has 6 heterocycles. The summed E-state index contributed by atoms with van der Waals surface area (Å²) in [6.45, 7) is 7.27. The molecule has 0 amide bonds. The van der Waals surface area contributed by atoms with Gasteiger partial charge in [-0.05, 0) is 116 Å². The van der Waals surface area contributed by atoms with Crippen LogP contribution < -0.4 is 77.9 Å². The zero-order valence-corrected chi connectivity index (χ0v) is 36.3. The third kappa shape index (κ3) is 5.13. The quantitative estimate of drug-likeness (QED) is 0.130. The van der Waals surface area contributed by atoms with Crippen LogP contribution in [0.15, 0.2) is 170 Å². The molecule has 6 aliphatic heterocycles. The van der Waals surface area contributed by atoms with Gasteiger partial charge in [-0.2, -0.15) is 10.5 Å². The Labute approximate surface area is 397 Å². The largest absolute Gasteiger partial charge is 0.460 e. The van der Waals surface area contributed by atoms with E-state index in [1.54, 1.807) is 0 Å². The van der Waals surface area contributed by atoms with Crippen LogP contribution in [0.5, 0.6) is 46.0 Å². The van der Waals surface area contributed by atoms with Crippen LogP contribution in [0.2, 0.25) is 0 Å². The molecule has 0 unspecified atom stereocenters. The first-order chi connectivity index (χ1) is 34.0. The van der Waals surface area contributed by atoms with Crippen LogP contribution in [0, 0.1) is 29.2 Å². The van der Waals surface area contributed by atoms with E-state index in [1.165, 1.54) is 0 Å². The molecule has 15 rings (SSSR count). The van der Waals surface area contributed by atoms with E-state index in [4.69, 9.17) is 25.5 Å². The Morgan fingerprint density at radius 2 is 0.797 bits per heavy atom. The Morgan fingerprint density at radius 1 is 0.377 bits per heavy atom. The van der Waals surface area contributed by atoms with Crippen molar-refractivity contribution in [2.45, 2.75) is 0 Å². The van der Waals surface area contributed by atoms with Gasteiger partial charge in [0.2, 0.25) is 0 Å². The smallest absolute Gasteiger partial charge is 0.260 e. The second-order valence-corrected chi connectivity index (χ2v) is 18.0. The second kappa shape index (κ2) is 13.7. The molecule has 0 N–H and O–H groups in total. The van der Waals surface area contributed by atoms with Crippen LogP contribution in [-0.2, 0) is 0 Å². The molecule has 0 saturated carbocycles. The predicted octanol–water partition coefficient (Wildman–Crippen LogP) is 7.52. The summed E-state index contributed by atoms with van der Waals surface area (Å²) in [5.74, 6) is 5.21. The van der Waals surface area contributed by atoms with Crippen LogP contribution in [0.4, 0.5) is 39.8 Å². The van der Waals surface area contributed by atoms with Gasteiger partial charge in [0.25, 0.3) is 20.1 Å². The molecule has 0 fully saturated rings. The molecule has 9 nitrogen and oxygen atoms in total. The average Bonchev–Trinajstić information content (AvgIpc) is 3.39. The minimum atomic E-state index is -0.376. The van der Waals surface area contributed by atoms with E-state index in [-0.39, 0.29) is 20.1 Å². The molecule has 9 aromatic carbocycles. The fraction of sp³-hybridized carbons (Fsp3) is 0. The van der Waals surface area contributed by atoms with Crippen molar-refractivity contribution in [1.29, 1.82) is 10.5 Å². The molecule has 0 aliphatic carbocycles. The first kappa shape index (κ1) is 37.6. The summed E-state index contributed by atoms with van der Waals surface area (Å²) in [6.07, 6.45) is 0. The normalized spacial score (nSPS) is 13.8. The van der Waals surface area contributed by atoms with E-state index in [1.807, 2.05) is 103 Å². The lowest BCUT2D eigenvalue weighted by molar-refractivity contribution is 0.464. The van der Waals surface area contributed by atoms with E-state index in [2.05, 4.69) is 93.5 Å². The summed E-state index contributed by atoms with van der Waals surface area (Å²) < 4.78 is 27.4. The summed E-state index contributed by atoms with van der Waals surface area (Å²) in [5, 5.41) is 20.8. The van der Waals surface area contributed by atoms with Crippen LogP contribution >= 0.6 is 0 Å². The zero-order chi connectivity index (χ0) is 45.6. The number of para-hydroxylation sites is 4. The van der Waals surface area contributed by atoms with Gasteiger partial charge in [0, 0.05) is 51.7 Å². The maximum absolute atomic E-state index is 10.4. The molecule has 69 heavy (non-hydrogen) atoms. The maximum Gasteiger partial charge on any atom is 0.260 e. The van der Waals surface area contributed by atoms with Crippen LogP contribution in [-0.4, -0.2) is 20.1 Å². The monoisotopic (exact) mass is 879 g/mol. The lowest BCUT2D eigenvalue weighted by atomic mass is 9.30. The van der Waals surface area contributed by atoms with Crippen molar-refractivity contribution in [2.75, 3.05) is 9.80 Å². The SMILES string of the molecule is [C-]#[N+]c1cc2c3c(c1)N(c1ccccc1)c1cc4c(cc1B3c1ccccc1O2)B1c2cc3c(cc2Oc2cc(C#N)cc(c21)O4)N(c1ccccc1)c1cc(C#N)cc2c1B3c1ccccc1O2. The first-order valence-corrected chi connectivity index (χ1v) is 22.7. The molecular formula is C57H28B3N5O4. The Kier molecular flexibility index (Phi) is 7.50. The van der Waals surface area contributed by atoms with Crippen molar-refractivity contribution < 1.29 is 18.9 Å². The Bertz CT molecular complexity index is 3710. The molecule has 12 heteroatoms. The molecule has 0 spiro atoms. The van der Waals surface area contributed by atoms with Gasteiger partial charge in [-0.1, -0.05) is 84.9 Å². The highest BCUT2D eigenvalue weighted by Crippen LogP contribution is 2.47. The van der Waals surface area contributed by atoms with Crippen LogP contribution in [0.1, 0.15) is 11.1 Å². The standard InChI is InChI=1S/C57H28B3N5O4/c1-63-34-24-46-56-54(25-34)67-48-19-11-9-17-38(48)59(56)40-27-42-50(29-44(40)65(46)36-14-6-3-7-15-36)69-53-23-33(31-62)22-52-57(53)60(42)41-26-39-43(28-49(41)68-52)64(35-12-4-2-5-13-35)45-20-32(30-61)21-51-55(45)58(39)37-16-8-10-18-47(37)66-51/h2-29H. The van der Waals surface area contributed by atoms with Crippen LogP contribution in [0.25, 0.3) is 4.85 Å². The molecule has 314 valence electrons. The molecule has 0 bridgehead atoms. The summed E-state index contributed by atoms with van der Waals surface area (Å²) in [6, 6.07) is 61.6. The van der Waals surface area contributed by atoms with Crippen molar-refractivity contribution in [3.05, 3.63) is 192 Å². The fourth-order valence-corrected chi connectivity index (χ4v) is 11.8. The summed E-state index contributed by atoms with van der Waals surface area (Å²) in [5.41, 5.74) is 15.7. The highest BCUT2D eigenvalue weighted by molar-refractivity contribution is 7.03. The third-order valence-corrected chi connectivity index (χ3v) is 14.5. The lowest BCUT2D eigenvalue weighted by Crippen LogP contribution is -2.64. The zero-order valence-electron chi connectivity index (χ0n) is 36.3. The topological polar surface area (TPSA) is 95.3 Å². The first-order valence-electron chi connectivity index (χ1n) is 22.7. The van der Waals surface area contributed by atoms with Crippen molar-refractivity contribution in [3.63, 3.8) is 0 Å². The fourth-order valence-electron chi connectivity index (χ4n) is 11.8. The van der Waals surface area contributed by atoms with E-state index in [9.17, 15) is 10.5 Å². The molecule has 0 atom stereocenters. The van der Waals surface area contributed by atoms with Gasteiger partial charge in [0.1, 0.15) is 46.0 Å². The lowest BCUT2D eigenvalue weighted by Gasteiger charge is -2.42. The van der Waals surface area contributed by atoms with Gasteiger partial charge in [-0.15, -0.1) is 0 Å². The number of rotatable bonds is 2. The number of nitriles is 2. The summed E-state index contributed by atoms with van der Waals surface area (Å²) in [7, 11) is 0. The maximum atomic E-state index is 10.4. The Hall–Kier alpha value is -9.56. The van der Waals surface area contributed by atoms with E-state index in [0.29, 0.717) is 51.3 Å². The average molecular weight is 879 g/mol. The molecule has 0 radical (unpaired) electrons. The van der Waals surface area contributed by atoms with E-state index >= 15 is 0 Å². The number of hydrogen-bond donors (Lipinski definition) is 0. The van der Waals surface area contributed by atoms with Gasteiger partial charge in [0.15, 0.2) is 5.69 Å². The van der Waals surface area contributed by atoms with E-state index in [0.717, 1.165) is 94.8 Å². The number of nitrogens with zero attached hydrogens (tertiary/aromatic N) is 5. The van der Waals surface area contributed by atoms with E-state index < -0.39 is 0 Å². The number of ether oxygens (including phenoxy) is 4. The molecule has 6 aliphatic rings. The minimum absolute atomic E-state index is 0.240. The van der Waals surface area contributed by atoms with Gasteiger partial charge >= 0.3 is 0 Å². The van der Waals surface area contributed by atoms with Gasteiger partial charge in [-0.25, -0.2) is 4.85 Å².